The quantitative estimate of drug-likeness (QED) is 0.0935. The predicted molar refractivity (Wildman–Crippen MR) is 249 cm³/mol. The van der Waals surface area contributed by atoms with E-state index in [1.54, 1.807) is 44.2 Å². The number of ether oxygens (including phenoxy) is 3. The molecule has 4 aromatic rings. The topological polar surface area (TPSA) is 256 Å². The summed E-state index contributed by atoms with van der Waals surface area (Å²) in [5.74, 6) is -2.14. The molecule has 0 aliphatic carbocycles. The van der Waals surface area contributed by atoms with E-state index in [0.717, 1.165) is 5.56 Å². The molecule has 2 heterocycles. The number of Topliss-reactive ketones (excluding diaryl/α,β-unsaturated/α-hetero) is 3. The maximum Gasteiger partial charge on any atom is 0.226 e. The molecule has 1 aromatic heterocycles. The first kappa shape index (κ1) is 50.5. The smallest absolute Gasteiger partial charge is 0.226 e. The Balaban J connectivity index is 1.54. The zero-order valence-corrected chi connectivity index (χ0v) is 38.7. The molecule has 4 atom stereocenters. The normalized spacial score (nSPS) is 16.8. The summed E-state index contributed by atoms with van der Waals surface area (Å²) in [6.07, 6.45) is 1.02. The number of aryl methyl sites for hydroxylation is 1. The van der Waals surface area contributed by atoms with Crippen molar-refractivity contribution in [3.8, 4) is 45.8 Å². The lowest BCUT2D eigenvalue weighted by Gasteiger charge is -2.32. The van der Waals surface area contributed by atoms with E-state index in [-0.39, 0.29) is 94.1 Å². The lowest BCUT2D eigenvalue weighted by molar-refractivity contribution is -0.142. The molecule has 0 saturated heterocycles. The average molecular weight is 903 g/mol. The van der Waals surface area contributed by atoms with Crippen LogP contribution in [0.1, 0.15) is 93.0 Å². The Morgan fingerprint density at radius 2 is 1.58 bits per heavy atom. The van der Waals surface area contributed by atoms with Crippen LogP contribution in [0.5, 0.6) is 17.2 Å². The number of benzene rings is 3. The molecule has 7 N–H and O–H groups in total. The van der Waals surface area contributed by atoms with E-state index in [0.29, 0.717) is 51.0 Å². The second-order valence-electron chi connectivity index (χ2n) is 17.5. The zero-order chi connectivity index (χ0) is 48.1. The van der Waals surface area contributed by atoms with Gasteiger partial charge in [-0.15, -0.1) is 0 Å². The number of nitriles is 1. The van der Waals surface area contributed by atoms with Gasteiger partial charge in [0.25, 0.3) is 0 Å². The highest BCUT2D eigenvalue weighted by molar-refractivity contribution is 6.00. The van der Waals surface area contributed by atoms with Gasteiger partial charge in [-0.05, 0) is 107 Å². The maximum atomic E-state index is 14.7. The van der Waals surface area contributed by atoms with Gasteiger partial charge in [0.05, 0.1) is 23.4 Å². The summed E-state index contributed by atoms with van der Waals surface area (Å²) < 4.78 is 18.2. The number of hydrogen-bond donors (Lipinski definition) is 4. The largest absolute Gasteiger partial charge is 0.492 e. The summed E-state index contributed by atoms with van der Waals surface area (Å²) in [4.78, 5) is 81.2. The van der Waals surface area contributed by atoms with E-state index in [1.165, 1.54) is 18.1 Å². The summed E-state index contributed by atoms with van der Waals surface area (Å²) in [5, 5.41) is 12.1. The molecule has 1 aliphatic rings. The number of nitrogens with two attached hydrogens (primary N) is 3. The van der Waals surface area contributed by atoms with Crippen LogP contribution in [0.25, 0.3) is 22.5 Å². The van der Waals surface area contributed by atoms with Crippen LogP contribution in [0, 0.1) is 30.1 Å². The van der Waals surface area contributed by atoms with Crippen molar-refractivity contribution >= 4 is 29.2 Å². The van der Waals surface area contributed by atoms with Crippen molar-refractivity contribution in [2.24, 2.45) is 29.0 Å². The van der Waals surface area contributed by atoms with Crippen molar-refractivity contribution in [2.45, 2.75) is 90.8 Å². The minimum absolute atomic E-state index is 0.0347. The molecule has 1 aliphatic heterocycles. The van der Waals surface area contributed by atoms with Gasteiger partial charge in [-0.2, -0.15) is 5.26 Å². The van der Waals surface area contributed by atoms with Gasteiger partial charge < -0.3 is 41.6 Å². The standard InChI is InChI=1S/C50H62N8O8/c1-30-24-43(61)46(58(6)49(63)35(17-19-52)28-42(60)39-29-55-47(56-31(39)2)33-10-13-36(14-11-33)66-50(3,4)5)34-12-16-45(65-23-21-54)38(27-34)37-25-32(9-15-44(37)64-22-20-53)26-40(57-48(30)62)41(59)8-7-18-51/h9-16,25,27,29-30,35,40,46H,7-8,17,19-24,26,28,52-54H2,1-6H3,(H,57,62)/t30-,35-,40+,46+/m1/s1. The first-order valence-electron chi connectivity index (χ1n) is 22.3. The number of aromatic nitrogens is 2. The van der Waals surface area contributed by atoms with Gasteiger partial charge in [-0.1, -0.05) is 19.1 Å². The number of nitrogens with zero attached hydrogens (tertiary/aromatic N) is 4. The number of carbonyl (C=O) groups excluding carboxylic acids is 5. The molecule has 4 bridgehead atoms. The van der Waals surface area contributed by atoms with Gasteiger partial charge >= 0.3 is 0 Å². The summed E-state index contributed by atoms with van der Waals surface area (Å²) in [6, 6.07) is 17.5. The molecule has 0 unspecified atom stereocenters. The SMILES string of the molecule is Cc1nc(-c2ccc(OC(C)(C)C)cc2)ncc1C(=O)C[C@@H](CCN)C(=O)N(C)[C@@H]1C(=O)C[C@@H](C)C(=O)N[C@H](C(=O)CCC#N)Cc2ccc(OCCN)c(c2)-c2cc1ccc2OCCN. The van der Waals surface area contributed by atoms with E-state index >= 15 is 0 Å². The van der Waals surface area contributed by atoms with Crippen molar-refractivity contribution in [1.29, 1.82) is 5.26 Å². The zero-order valence-electron chi connectivity index (χ0n) is 38.7. The van der Waals surface area contributed by atoms with Crippen LogP contribution in [-0.4, -0.2) is 95.6 Å². The van der Waals surface area contributed by atoms with Crippen molar-refractivity contribution in [2.75, 3.05) is 39.9 Å². The Morgan fingerprint density at radius 1 is 0.924 bits per heavy atom. The molecule has 0 spiro atoms. The Labute approximate surface area is 386 Å². The second kappa shape index (κ2) is 23.1. The fourth-order valence-corrected chi connectivity index (χ4v) is 7.88. The van der Waals surface area contributed by atoms with E-state index < -0.39 is 41.5 Å². The molecule has 66 heavy (non-hydrogen) atoms. The molecular formula is C50H62N8O8. The molecular weight excluding hydrogens is 841 g/mol. The summed E-state index contributed by atoms with van der Waals surface area (Å²) in [5.41, 5.74) is 20.9. The first-order valence-corrected chi connectivity index (χ1v) is 22.3. The van der Waals surface area contributed by atoms with Crippen LogP contribution in [0.4, 0.5) is 0 Å². The van der Waals surface area contributed by atoms with Gasteiger partial charge in [0.15, 0.2) is 23.2 Å². The van der Waals surface area contributed by atoms with E-state index in [1.807, 2.05) is 57.2 Å². The number of likely N-dealkylation sites (N-methyl/N-ethyl adjacent to an activating group) is 1. The van der Waals surface area contributed by atoms with Crippen molar-refractivity contribution in [3.05, 3.63) is 89.2 Å². The van der Waals surface area contributed by atoms with Gasteiger partial charge in [0, 0.05) is 80.5 Å². The Kier molecular flexibility index (Phi) is 17.6. The summed E-state index contributed by atoms with van der Waals surface area (Å²) in [6.45, 7) is 10.00. The Bertz CT molecular complexity index is 2430. The lowest BCUT2D eigenvalue weighted by atomic mass is 9.88. The Hall–Kier alpha value is -6.54. The molecule has 16 nitrogen and oxygen atoms in total. The summed E-state index contributed by atoms with van der Waals surface area (Å²) in [7, 11) is 1.49. The van der Waals surface area contributed by atoms with Crippen molar-refractivity contribution in [1.82, 2.24) is 20.2 Å². The third-order valence-corrected chi connectivity index (χ3v) is 11.1. The fraction of sp³-hybridized carbons (Fsp3) is 0.440. The highest BCUT2D eigenvalue weighted by atomic mass is 16.5. The number of fused-ring (bicyclic) bond motifs is 5. The predicted octanol–water partition coefficient (Wildman–Crippen LogP) is 5.22. The average Bonchev–Trinajstić information content (AvgIpc) is 3.28. The van der Waals surface area contributed by atoms with Crippen LogP contribution in [0.3, 0.4) is 0 Å². The van der Waals surface area contributed by atoms with E-state index in [2.05, 4.69) is 15.3 Å². The van der Waals surface area contributed by atoms with Gasteiger partial charge in [-0.3, -0.25) is 24.0 Å². The first-order chi connectivity index (χ1) is 31.5. The highest BCUT2D eigenvalue weighted by Gasteiger charge is 2.36. The minimum atomic E-state index is -1.25. The number of amides is 2. The Morgan fingerprint density at radius 3 is 2.18 bits per heavy atom. The van der Waals surface area contributed by atoms with Gasteiger partial charge in [0.1, 0.15) is 42.1 Å². The van der Waals surface area contributed by atoms with Crippen LogP contribution in [0.2, 0.25) is 0 Å². The monoisotopic (exact) mass is 902 g/mol. The number of hydrogen-bond acceptors (Lipinski definition) is 14. The van der Waals surface area contributed by atoms with Crippen LogP contribution in [-0.2, 0) is 25.6 Å². The second-order valence-corrected chi connectivity index (χ2v) is 17.5. The summed E-state index contributed by atoms with van der Waals surface area (Å²) >= 11 is 0. The van der Waals surface area contributed by atoms with Crippen LogP contribution in [0.15, 0.2) is 66.9 Å². The maximum absolute atomic E-state index is 14.7. The third kappa shape index (κ3) is 13.1. The van der Waals surface area contributed by atoms with Gasteiger partial charge in [0.2, 0.25) is 11.8 Å². The van der Waals surface area contributed by atoms with Crippen molar-refractivity contribution < 1.29 is 38.2 Å². The number of carbonyl (C=O) groups is 5. The molecule has 0 radical (unpaired) electrons. The number of ketones is 3. The highest BCUT2D eigenvalue weighted by Crippen LogP contribution is 2.41. The molecule has 2 amide bonds. The van der Waals surface area contributed by atoms with Gasteiger partial charge in [-0.25, -0.2) is 9.97 Å². The van der Waals surface area contributed by atoms with Crippen LogP contribution < -0.4 is 36.7 Å². The van der Waals surface area contributed by atoms with E-state index in [4.69, 9.17) is 31.4 Å². The molecule has 16 heteroatoms. The third-order valence-electron chi connectivity index (χ3n) is 11.1. The lowest BCUT2D eigenvalue weighted by Crippen LogP contribution is -2.46. The molecule has 0 fully saturated rings. The molecule has 3 aromatic carbocycles. The van der Waals surface area contributed by atoms with E-state index in [9.17, 15) is 29.2 Å². The fourth-order valence-electron chi connectivity index (χ4n) is 7.88. The molecule has 5 rings (SSSR count). The van der Waals surface area contributed by atoms with Crippen molar-refractivity contribution in [3.63, 3.8) is 0 Å². The minimum Gasteiger partial charge on any atom is -0.492 e. The molecule has 0 saturated carbocycles. The number of nitrogens with one attached hydrogen (secondary N) is 1. The molecule has 350 valence electrons. The van der Waals surface area contributed by atoms with Crippen LogP contribution >= 0.6 is 0 Å². The number of rotatable bonds is 18.